The first-order chi connectivity index (χ1) is 6.41. The Bertz CT molecular complexity index is 190. The highest BCUT2D eigenvalue weighted by atomic mass is 16.6. The Labute approximate surface area is 81.9 Å². The third-order valence-corrected chi connectivity index (χ3v) is 1.24. The lowest BCUT2D eigenvalue weighted by molar-refractivity contribution is 0.115. The van der Waals surface area contributed by atoms with E-state index < -0.39 is 6.16 Å². The molecule has 0 aromatic heterocycles. The van der Waals surface area contributed by atoms with Gasteiger partial charge in [-0.2, -0.15) is 0 Å². The number of ether oxygens (including phenoxy) is 1. The van der Waals surface area contributed by atoms with Crippen molar-refractivity contribution < 1.29 is 24.5 Å². The number of carbonyl (C=O) groups excluding carboxylic acids is 1. The number of carboxylic acid groups (broad SMARTS) is 2. The molecule has 14 heavy (non-hydrogen) atoms. The van der Waals surface area contributed by atoms with Crippen molar-refractivity contribution in [3.63, 3.8) is 0 Å². The van der Waals surface area contributed by atoms with Gasteiger partial charge in [0.05, 0.1) is 6.10 Å². The summed E-state index contributed by atoms with van der Waals surface area (Å²) in [5, 5.41) is 16.7. The minimum absolute atomic E-state index is 0.0150. The van der Waals surface area contributed by atoms with Gasteiger partial charge < -0.3 is 20.3 Å². The Hall–Kier alpha value is -1.46. The molecule has 0 spiro atoms. The normalized spacial score (nSPS) is 13.9. The van der Waals surface area contributed by atoms with Gasteiger partial charge in [0.15, 0.2) is 0 Å². The summed E-state index contributed by atoms with van der Waals surface area (Å²) in [5.41, 5.74) is 0. The third-order valence-electron chi connectivity index (χ3n) is 1.24. The smallest absolute Gasteiger partial charge is 0.450 e. The van der Waals surface area contributed by atoms with Crippen LogP contribution in [-0.2, 0) is 4.74 Å². The van der Waals surface area contributed by atoms with Gasteiger partial charge >= 0.3 is 12.2 Å². The molecule has 3 N–H and O–H groups in total. The summed E-state index contributed by atoms with van der Waals surface area (Å²) in [7, 11) is 0. The Morgan fingerprint density at radius 3 is 2.07 bits per heavy atom. The van der Waals surface area contributed by atoms with Gasteiger partial charge in [-0.1, -0.05) is 0 Å². The summed E-state index contributed by atoms with van der Waals surface area (Å²) in [4.78, 5) is 19.3. The summed E-state index contributed by atoms with van der Waals surface area (Å²) < 4.78 is 4.85. The molecule has 0 heterocycles. The van der Waals surface area contributed by atoms with E-state index >= 15 is 0 Å². The minimum Gasteiger partial charge on any atom is -0.450 e. The molecule has 1 rings (SSSR count). The quantitative estimate of drug-likeness (QED) is 0.634. The molecule has 0 unspecified atom stereocenters. The van der Waals surface area contributed by atoms with E-state index in [4.69, 9.17) is 19.7 Å². The molecule has 1 amide bonds. The first kappa shape index (κ1) is 12.5. The summed E-state index contributed by atoms with van der Waals surface area (Å²) >= 11 is 0. The van der Waals surface area contributed by atoms with Crippen molar-refractivity contribution in [3.8, 4) is 0 Å². The second kappa shape index (κ2) is 6.06. The SMILES string of the molecule is CC(C)OC(=O)NC1CC1.O=C(O)O. The molecule has 0 aliphatic heterocycles. The summed E-state index contributed by atoms with van der Waals surface area (Å²) in [6, 6.07) is 0.395. The van der Waals surface area contributed by atoms with Crippen LogP contribution in [0.1, 0.15) is 26.7 Å². The fourth-order valence-corrected chi connectivity index (χ4v) is 0.642. The number of amides is 1. The molecule has 6 heteroatoms. The lowest BCUT2D eigenvalue weighted by Crippen LogP contribution is -2.28. The molecule has 1 aliphatic carbocycles. The van der Waals surface area contributed by atoms with Gasteiger partial charge in [0.2, 0.25) is 0 Å². The van der Waals surface area contributed by atoms with Crippen LogP contribution in [0.5, 0.6) is 0 Å². The van der Waals surface area contributed by atoms with Crippen molar-refractivity contribution >= 4 is 12.2 Å². The molecule has 0 saturated heterocycles. The zero-order chi connectivity index (χ0) is 11.1. The van der Waals surface area contributed by atoms with E-state index in [1.807, 2.05) is 13.8 Å². The number of hydrogen-bond acceptors (Lipinski definition) is 3. The third kappa shape index (κ3) is 10.5. The largest absolute Gasteiger partial charge is 0.503 e. The monoisotopic (exact) mass is 205 g/mol. The summed E-state index contributed by atoms with van der Waals surface area (Å²) in [5.74, 6) is 0. The molecule has 82 valence electrons. The number of hydrogen-bond donors (Lipinski definition) is 3. The Morgan fingerprint density at radius 1 is 1.36 bits per heavy atom. The fraction of sp³-hybridized carbons (Fsp3) is 0.750. The zero-order valence-corrected chi connectivity index (χ0v) is 8.19. The average molecular weight is 205 g/mol. The number of rotatable bonds is 2. The highest BCUT2D eigenvalue weighted by molar-refractivity contribution is 5.68. The molecular weight excluding hydrogens is 190 g/mol. The summed E-state index contributed by atoms with van der Waals surface area (Å²) in [6.45, 7) is 3.68. The van der Waals surface area contributed by atoms with Gasteiger partial charge in [-0.15, -0.1) is 0 Å². The highest BCUT2D eigenvalue weighted by Gasteiger charge is 2.23. The minimum atomic E-state index is -1.83. The first-order valence-corrected chi connectivity index (χ1v) is 4.31. The van der Waals surface area contributed by atoms with Gasteiger partial charge in [-0.3, -0.25) is 0 Å². The second-order valence-electron chi connectivity index (χ2n) is 3.16. The predicted molar refractivity (Wildman–Crippen MR) is 48.4 cm³/mol. The Morgan fingerprint density at radius 2 is 1.79 bits per heavy atom. The maximum atomic E-state index is 10.8. The van der Waals surface area contributed by atoms with E-state index in [0.29, 0.717) is 6.04 Å². The second-order valence-corrected chi connectivity index (χ2v) is 3.16. The van der Waals surface area contributed by atoms with Crippen LogP contribution in [0.4, 0.5) is 9.59 Å². The Kier molecular flexibility index (Phi) is 5.43. The highest BCUT2D eigenvalue weighted by Crippen LogP contribution is 2.18. The van der Waals surface area contributed by atoms with Gasteiger partial charge in [0, 0.05) is 6.04 Å². The van der Waals surface area contributed by atoms with Crippen molar-refractivity contribution in [1.82, 2.24) is 5.32 Å². The lowest BCUT2D eigenvalue weighted by atomic mass is 10.5. The van der Waals surface area contributed by atoms with Gasteiger partial charge in [0.1, 0.15) is 0 Å². The molecular formula is C8H15NO5. The summed E-state index contributed by atoms with van der Waals surface area (Å²) in [6.07, 6.45) is 0.0802. The van der Waals surface area contributed by atoms with Crippen LogP contribution < -0.4 is 5.32 Å². The van der Waals surface area contributed by atoms with Crippen molar-refractivity contribution in [2.75, 3.05) is 0 Å². The van der Waals surface area contributed by atoms with E-state index in [2.05, 4.69) is 5.32 Å². The van der Waals surface area contributed by atoms with Gasteiger partial charge in [-0.25, -0.2) is 9.59 Å². The first-order valence-electron chi connectivity index (χ1n) is 4.31. The average Bonchev–Trinajstić information content (AvgIpc) is 2.67. The zero-order valence-electron chi connectivity index (χ0n) is 8.19. The van der Waals surface area contributed by atoms with Gasteiger partial charge in [0.25, 0.3) is 0 Å². The number of alkyl carbamates (subject to hydrolysis) is 1. The molecule has 6 nitrogen and oxygen atoms in total. The Balaban J connectivity index is 0.000000364. The van der Waals surface area contributed by atoms with Crippen LogP contribution in [0, 0.1) is 0 Å². The van der Waals surface area contributed by atoms with Crippen molar-refractivity contribution in [2.24, 2.45) is 0 Å². The molecule has 0 aromatic carbocycles. The van der Waals surface area contributed by atoms with Crippen LogP contribution in [0.2, 0.25) is 0 Å². The molecule has 0 aromatic rings. The molecule has 0 radical (unpaired) electrons. The van der Waals surface area contributed by atoms with E-state index in [1.165, 1.54) is 0 Å². The molecule has 1 fully saturated rings. The van der Waals surface area contributed by atoms with Crippen molar-refractivity contribution in [1.29, 1.82) is 0 Å². The topological polar surface area (TPSA) is 95.9 Å². The fourth-order valence-electron chi connectivity index (χ4n) is 0.642. The van der Waals surface area contributed by atoms with Gasteiger partial charge in [-0.05, 0) is 26.7 Å². The van der Waals surface area contributed by atoms with Crippen LogP contribution >= 0.6 is 0 Å². The molecule has 1 saturated carbocycles. The standard InChI is InChI=1S/C7H13NO2.CH2O3/c1-5(2)10-7(9)8-6-3-4-6;2-1(3)4/h5-6H,3-4H2,1-2H3,(H,8,9);(H2,2,3,4). The molecule has 1 aliphatic rings. The van der Waals surface area contributed by atoms with Crippen molar-refractivity contribution in [2.45, 2.75) is 38.8 Å². The predicted octanol–water partition coefficient (Wildman–Crippen LogP) is 1.51. The number of nitrogens with one attached hydrogen (secondary N) is 1. The van der Waals surface area contributed by atoms with Crippen LogP contribution in [0.15, 0.2) is 0 Å². The van der Waals surface area contributed by atoms with Crippen LogP contribution in [0.3, 0.4) is 0 Å². The van der Waals surface area contributed by atoms with E-state index in [-0.39, 0.29) is 12.2 Å². The number of carbonyl (C=O) groups is 2. The van der Waals surface area contributed by atoms with E-state index in [0.717, 1.165) is 12.8 Å². The maximum absolute atomic E-state index is 10.8. The molecule has 0 bridgehead atoms. The van der Waals surface area contributed by atoms with Crippen LogP contribution in [0.25, 0.3) is 0 Å². The molecule has 0 atom stereocenters. The maximum Gasteiger partial charge on any atom is 0.503 e. The lowest BCUT2D eigenvalue weighted by Gasteiger charge is -2.07. The van der Waals surface area contributed by atoms with E-state index in [9.17, 15) is 4.79 Å². The van der Waals surface area contributed by atoms with Crippen molar-refractivity contribution in [3.05, 3.63) is 0 Å². The van der Waals surface area contributed by atoms with Crippen LogP contribution in [-0.4, -0.2) is 34.6 Å². The van der Waals surface area contributed by atoms with E-state index in [1.54, 1.807) is 0 Å².